The number of hydrogen-bond acceptors (Lipinski definition) is 1. The van der Waals surface area contributed by atoms with E-state index >= 15 is 0 Å². The van der Waals surface area contributed by atoms with Crippen LogP contribution in [0.3, 0.4) is 0 Å². The summed E-state index contributed by atoms with van der Waals surface area (Å²) in [5.74, 6) is 0. The minimum absolute atomic E-state index is 1.18. The van der Waals surface area contributed by atoms with Gasteiger partial charge in [-0.25, -0.2) is 0 Å². The summed E-state index contributed by atoms with van der Waals surface area (Å²) < 4.78 is 7.55. The maximum absolute atomic E-state index is 2.50. The zero-order chi connectivity index (χ0) is 34.6. The molecular weight excluding hydrogens is 661 g/mol. The number of thiophene rings is 1. The summed E-state index contributed by atoms with van der Waals surface area (Å²) in [6, 6.07) is 67.2. The van der Waals surface area contributed by atoms with Crippen molar-refractivity contribution in [1.29, 1.82) is 0 Å². The summed E-state index contributed by atoms with van der Waals surface area (Å²) >= 11 is 1.91. The van der Waals surface area contributed by atoms with Crippen LogP contribution < -0.4 is 0 Å². The molecule has 0 bridgehead atoms. The molecule has 9 aromatic carbocycles. The van der Waals surface area contributed by atoms with Crippen molar-refractivity contribution in [2.75, 3.05) is 0 Å². The van der Waals surface area contributed by atoms with Gasteiger partial charge in [0.05, 0.1) is 26.8 Å². The van der Waals surface area contributed by atoms with Crippen LogP contribution in [0.25, 0.3) is 108 Å². The highest BCUT2D eigenvalue weighted by atomic mass is 32.1. The fraction of sp³-hybridized carbons (Fsp3) is 0. The second kappa shape index (κ2) is 10.9. The molecule has 0 unspecified atom stereocenters. The van der Waals surface area contributed by atoms with Gasteiger partial charge in [0, 0.05) is 48.4 Å². The van der Waals surface area contributed by atoms with Gasteiger partial charge in [0.15, 0.2) is 0 Å². The summed E-state index contributed by atoms with van der Waals surface area (Å²) in [5.41, 5.74) is 9.80. The van der Waals surface area contributed by atoms with Gasteiger partial charge in [-0.05, 0) is 93.3 Å². The van der Waals surface area contributed by atoms with Crippen LogP contribution in [-0.2, 0) is 0 Å². The Labute approximate surface area is 309 Å². The van der Waals surface area contributed by atoms with Gasteiger partial charge in [-0.3, -0.25) is 0 Å². The lowest BCUT2D eigenvalue weighted by Crippen LogP contribution is -1.94. The quantitative estimate of drug-likeness (QED) is 0.175. The highest BCUT2D eigenvalue weighted by Gasteiger charge is 2.22. The van der Waals surface area contributed by atoms with Crippen molar-refractivity contribution in [1.82, 2.24) is 9.13 Å². The zero-order valence-electron chi connectivity index (χ0n) is 28.6. The van der Waals surface area contributed by atoms with Crippen molar-refractivity contribution in [3.8, 4) is 22.5 Å². The fourth-order valence-electron chi connectivity index (χ4n) is 8.88. The Morgan fingerprint density at radius 3 is 1.62 bits per heavy atom. The second-order valence-corrected chi connectivity index (χ2v) is 15.2. The average Bonchev–Trinajstić information content (AvgIpc) is 3.88. The Morgan fingerprint density at radius 2 is 0.906 bits per heavy atom. The lowest BCUT2D eigenvalue weighted by molar-refractivity contribution is 1.19. The lowest BCUT2D eigenvalue weighted by atomic mass is 9.95. The normalized spacial score (nSPS) is 12.2. The van der Waals surface area contributed by atoms with E-state index in [0.29, 0.717) is 0 Å². The molecule has 0 saturated heterocycles. The number of benzene rings is 9. The minimum atomic E-state index is 1.18. The van der Waals surface area contributed by atoms with E-state index in [2.05, 4.69) is 191 Å². The zero-order valence-corrected chi connectivity index (χ0v) is 29.4. The molecule has 3 aromatic heterocycles. The van der Waals surface area contributed by atoms with E-state index in [9.17, 15) is 0 Å². The molecule has 246 valence electrons. The highest BCUT2D eigenvalue weighted by molar-refractivity contribution is 7.26. The van der Waals surface area contributed by atoms with Crippen LogP contribution in [0.15, 0.2) is 182 Å². The van der Waals surface area contributed by atoms with Gasteiger partial charge in [-0.1, -0.05) is 121 Å². The molecule has 3 heteroatoms. The van der Waals surface area contributed by atoms with Crippen molar-refractivity contribution in [2.45, 2.75) is 0 Å². The molecule has 0 aliphatic carbocycles. The Hall–Kier alpha value is -6.68. The molecular formula is C50H30N2S. The molecule has 12 aromatic rings. The van der Waals surface area contributed by atoms with Gasteiger partial charge in [0.2, 0.25) is 0 Å². The van der Waals surface area contributed by atoms with Gasteiger partial charge >= 0.3 is 0 Å². The largest absolute Gasteiger partial charge is 0.309 e. The van der Waals surface area contributed by atoms with E-state index in [0.717, 1.165) is 0 Å². The smallest absolute Gasteiger partial charge is 0.0720 e. The first-order chi connectivity index (χ1) is 26.3. The molecule has 0 radical (unpaired) electrons. The van der Waals surface area contributed by atoms with E-state index in [1.165, 1.54) is 108 Å². The number of fused-ring (bicyclic) bond motifs is 12. The first-order valence-electron chi connectivity index (χ1n) is 18.2. The fourth-order valence-corrected chi connectivity index (χ4v) is 10.1. The molecule has 0 N–H and O–H groups in total. The number of para-hydroxylation sites is 2. The number of aromatic nitrogens is 2. The lowest BCUT2D eigenvalue weighted by Gasteiger charge is -2.12. The molecule has 0 aliphatic heterocycles. The van der Waals surface area contributed by atoms with Crippen LogP contribution in [0, 0.1) is 0 Å². The van der Waals surface area contributed by atoms with Crippen molar-refractivity contribution >= 4 is 96.7 Å². The third-order valence-electron chi connectivity index (χ3n) is 11.2. The Morgan fingerprint density at radius 1 is 0.358 bits per heavy atom. The first kappa shape index (κ1) is 29.0. The van der Waals surface area contributed by atoms with E-state index in [4.69, 9.17) is 0 Å². The summed E-state index contributed by atoms with van der Waals surface area (Å²) in [6.45, 7) is 0. The van der Waals surface area contributed by atoms with Crippen LogP contribution in [0.2, 0.25) is 0 Å². The standard InChI is InChI=1S/C50H30N2S/c1-3-13-33-27-36(24-21-31(33)11-1)51-44-18-8-5-15-38(44)42-29-35(23-26-46(42)51)41-30-43-39-16-6-9-19-45(39)52(37-25-22-32-12-2-4-14-34(32)28-37)49(43)50-48(41)40-17-7-10-20-47(40)53-50/h1-30H. The minimum Gasteiger partial charge on any atom is -0.309 e. The summed E-state index contributed by atoms with van der Waals surface area (Å²) in [6.07, 6.45) is 0. The highest BCUT2D eigenvalue weighted by Crippen LogP contribution is 2.48. The van der Waals surface area contributed by atoms with Crippen LogP contribution in [0.5, 0.6) is 0 Å². The molecule has 0 aliphatic rings. The van der Waals surface area contributed by atoms with Crippen molar-refractivity contribution < 1.29 is 0 Å². The van der Waals surface area contributed by atoms with Gasteiger partial charge in [-0.2, -0.15) is 0 Å². The summed E-state index contributed by atoms with van der Waals surface area (Å²) in [7, 11) is 0. The number of nitrogens with zero attached hydrogens (tertiary/aromatic N) is 2. The maximum atomic E-state index is 2.50. The molecule has 3 heterocycles. The van der Waals surface area contributed by atoms with Crippen LogP contribution >= 0.6 is 11.3 Å². The van der Waals surface area contributed by atoms with Gasteiger partial charge in [0.1, 0.15) is 0 Å². The van der Waals surface area contributed by atoms with Crippen molar-refractivity contribution in [3.63, 3.8) is 0 Å². The molecule has 0 spiro atoms. The summed E-state index contributed by atoms with van der Waals surface area (Å²) in [4.78, 5) is 0. The predicted molar refractivity (Wildman–Crippen MR) is 228 cm³/mol. The van der Waals surface area contributed by atoms with Gasteiger partial charge < -0.3 is 9.13 Å². The predicted octanol–water partition coefficient (Wildman–Crippen LogP) is 14.2. The first-order valence-corrected chi connectivity index (χ1v) is 19.0. The molecule has 0 saturated carbocycles. The number of hydrogen-bond donors (Lipinski definition) is 0. The van der Waals surface area contributed by atoms with Crippen molar-refractivity contribution in [3.05, 3.63) is 182 Å². The summed E-state index contributed by atoms with van der Waals surface area (Å²) in [5, 5.41) is 12.7. The molecule has 0 amide bonds. The molecule has 12 rings (SSSR count). The monoisotopic (exact) mass is 690 g/mol. The van der Waals surface area contributed by atoms with Crippen LogP contribution in [-0.4, -0.2) is 9.13 Å². The molecule has 0 atom stereocenters. The van der Waals surface area contributed by atoms with Gasteiger partial charge in [0.25, 0.3) is 0 Å². The SMILES string of the molecule is c1ccc2cc(-n3c4ccccc4c4cc(-c5cc6c7ccccc7n(-c7ccc8ccccc8c7)c6c6sc7ccccc7c56)ccc43)ccc2c1. The van der Waals surface area contributed by atoms with E-state index in [-0.39, 0.29) is 0 Å². The Bertz CT molecular complexity index is 3470. The topological polar surface area (TPSA) is 9.86 Å². The molecule has 0 fully saturated rings. The maximum Gasteiger partial charge on any atom is 0.0720 e. The van der Waals surface area contributed by atoms with E-state index in [1.807, 2.05) is 11.3 Å². The number of rotatable bonds is 3. The van der Waals surface area contributed by atoms with Crippen LogP contribution in [0.1, 0.15) is 0 Å². The van der Waals surface area contributed by atoms with Crippen LogP contribution in [0.4, 0.5) is 0 Å². The molecule has 2 nitrogen and oxygen atoms in total. The van der Waals surface area contributed by atoms with E-state index < -0.39 is 0 Å². The Balaban J connectivity index is 1.17. The average molecular weight is 691 g/mol. The van der Waals surface area contributed by atoms with E-state index in [1.54, 1.807) is 0 Å². The third-order valence-corrected chi connectivity index (χ3v) is 12.4. The van der Waals surface area contributed by atoms with Gasteiger partial charge in [-0.15, -0.1) is 11.3 Å². The molecule has 53 heavy (non-hydrogen) atoms. The second-order valence-electron chi connectivity index (χ2n) is 14.1. The Kier molecular flexibility index (Phi) is 5.96. The van der Waals surface area contributed by atoms with Crippen molar-refractivity contribution in [2.24, 2.45) is 0 Å². The third kappa shape index (κ3) is 4.14.